The van der Waals surface area contributed by atoms with Gasteiger partial charge in [0.2, 0.25) is 0 Å². The normalized spacial score (nSPS) is 29.1. The Labute approximate surface area is 99.3 Å². The molecule has 2 saturated heterocycles. The summed E-state index contributed by atoms with van der Waals surface area (Å²) in [6, 6.07) is 0.549. The largest absolute Gasteiger partial charge is 0.369 e. The van der Waals surface area contributed by atoms with Crippen molar-refractivity contribution in [2.24, 2.45) is 5.41 Å². The Morgan fingerprint density at radius 3 is 2.69 bits per heavy atom. The van der Waals surface area contributed by atoms with E-state index in [1.807, 2.05) is 0 Å². The van der Waals surface area contributed by atoms with Crippen LogP contribution in [0.4, 0.5) is 0 Å². The van der Waals surface area contributed by atoms with E-state index in [4.69, 9.17) is 4.74 Å². The van der Waals surface area contributed by atoms with E-state index in [9.17, 15) is 0 Å². The van der Waals surface area contributed by atoms with Gasteiger partial charge in [-0.15, -0.1) is 0 Å². The van der Waals surface area contributed by atoms with E-state index < -0.39 is 0 Å². The van der Waals surface area contributed by atoms with E-state index in [0.29, 0.717) is 11.5 Å². The Morgan fingerprint density at radius 2 is 2.12 bits per heavy atom. The Kier molecular flexibility index (Phi) is 3.57. The molecule has 3 heteroatoms. The van der Waals surface area contributed by atoms with Crippen LogP contribution in [0.3, 0.4) is 0 Å². The standard InChI is InChI=1S/C13H26N2O/c1-4-12(2,3)6-5-11-13(9-14-10-13)16-8-7-15-11/h11,14-15H,4-10H2,1-3H3. The lowest BCUT2D eigenvalue weighted by Gasteiger charge is -2.51. The maximum Gasteiger partial charge on any atom is 0.108 e. The summed E-state index contributed by atoms with van der Waals surface area (Å²) < 4.78 is 5.99. The molecule has 0 radical (unpaired) electrons. The molecule has 16 heavy (non-hydrogen) atoms. The molecule has 0 aromatic carbocycles. The van der Waals surface area contributed by atoms with Crippen molar-refractivity contribution >= 4 is 0 Å². The van der Waals surface area contributed by atoms with Gasteiger partial charge < -0.3 is 15.4 Å². The number of morpholine rings is 1. The molecule has 0 aliphatic carbocycles. The molecule has 3 nitrogen and oxygen atoms in total. The summed E-state index contributed by atoms with van der Waals surface area (Å²) in [5.41, 5.74) is 0.583. The van der Waals surface area contributed by atoms with Gasteiger partial charge in [-0.05, 0) is 18.3 Å². The van der Waals surface area contributed by atoms with Crippen LogP contribution in [0.25, 0.3) is 0 Å². The van der Waals surface area contributed by atoms with E-state index in [0.717, 1.165) is 26.2 Å². The summed E-state index contributed by atoms with van der Waals surface area (Å²) in [7, 11) is 0. The molecule has 1 atom stereocenters. The van der Waals surface area contributed by atoms with E-state index in [1.54, 1.807) is 0 Å². The van der Waals surface area contributed by atoms with Crippen LogP contribution < -0.4 is 10.6 Å². The van der Waals surface area contributed by atoms with Crippen molar-refractivity contribution < 1.29 is 4.74 Å². The number of hydrogen-bond acceptors (Lipinski definition) is 3. The molecule has 0 aromatic rings. The smallest absolute Gasteiger partial charge is 0.108 e. The molecule has 1 spiro atoms. The van der Waals surface area contributed by atoms with Crippen molar-refractivity contribution in [2.45, 2.75) is 51.7 Å². The van der Waals surface area contributed by atoms with E-state index in [1.165, 1.54) is 19.3 Å². The first-order chi connectivity index (χ1) is 7.58. The van der Waals surface area contributed by atoms with Crippen molar-refractivity contribution in [3.63, 3.8) is 0 Å². The molecule has 2 aliphatic rings. The van der Waals surface area contributed by atoms with Crippen LogP contribution in [0.2, 0.25) is 0 Å². The minimum absolute atomic E-state index is 0.113. The van der Waals surface area contributed by atoms with Crippen LogP contribution in [0.1, 0.15) is 40.0 Å². The van der Waals surface area contributed by atoms with Gasteiger partial charge in [-0.25, -0.2) is 0 Å². The summed E-state index contributed by atoms with van der Waals surface area (Å²) in [4.78, 5) is 0. The van der Waals surface area contributed by atoms with Gasteiger partial charge in [-0.3, -0.25) is 0 Å². The summed E-state index contributed by atoms with van der Waals surface area (Å²) >= 11 is 0. The van der Waals surface area contributed by atoms with Gasteiger partial charge >= 0.3 is 0 Å². The van der Waals surface area contributed by atoms with Crippen molar-refractivity contribution in [3.05, 3.63) is 0 Å². The summed E-state index contributed by atoms with van der Waals surface area (Å²) in [5.74, 6) is 0. The quantitative estimate of drug-likeness (QED) is 0.763. The first-order valence-electron chi connectivity index (χ1n) is 6.66. The second-order valence-electron chi connectivity index (χ2n) is 6.08. The first-order valence-corrected chi connectivity index (χ1v) is 6.66. The summed E-state index contributed by atoms with van der Waals surface area (Å²) in [5, 5.41) is 6.99. The van der Waals surface area contributed by atoms with Gasteiger partial charge in [-0.1, -0.05) is 27.2 Å². The SMILES string of the molecule is CCC(C)(C)CCC1NCCOC12CNC2. The highest BCUT2D eigenvalue weighted by Crippen LogP contribution is 2.32. The number of rotatable bonds is 4. The second kappa shape index (κ2) is 4.63. The van der Waals surface area contributed by atoms with E-state index in [2.05, 4.69) is 31.4 Å². The Bertz CT molecular complexity index is 236. The molecular formula is C13H26N2O. The molecule has 0 aromatic heterocycles. The molecule has 2 fully saturated rings. The predicted molar refractivity (Wildman–Crippen MR) is 66.6 cm³/mol. The van der Waals surface area contributed by atoms with Crippen LogP contribution >= 0.6 is 0 Å². The number of nitrogens with one attached hydrogen (secondary N) is 2. The Balaban J connectivity index is 1.87. The zero-order chi connectivity index (χ0) is 11.6. The van der Waals surface area contributed by atoms with Crippen LogP contribution in [-0.2, 0) is 4.74 Å². The van der Waals surface area contributed by atoms with Crippen molar-refractivity contribution in [2.75, 3.05) is 26.2 Å². The van der Waals surface area contributed by atoms with Crippen molar-refractivity contribution in [3.8, 4) is 0 Å². The third-order valence-electron chi connectivity index (χ3n) is 4.43. The van der Waals surface area contributed by atoms with E-state index in [-0.39, 0.29) is 5.60 Å². The van der Waals surface area contributed by atoms with Gasteiger partial charge in [0.1, 0.15) is 5.60 Å². The van der Waals surface area contributed by atoms with Crippen molar-refractivity contribution in [1.29, 1.82) is 0 Å². The van der Waals surface area contributed by atoms with E-state index >= 15 is 0 Å². The molecule has 0 saturated carbocycles. The van der Waals surface area contributed by atoms with Crippen molar-refractivity contribution in [1.82, 2.24) is 10.6 Å². The lowest BCUT2D eigenvalue weighted by Crippen LogP contribution is -2.73. The Hall–Kier alpha value is -0.120. The highest BCUT2D eigenvalue weighted by molar-refractivity contribution is 5.05. The zero-order valence-corrected chi connectivity index (χ0v) is 10.9. The minimum atomic E-state index is 0.113. The minimum Gasteiger partial charge on any atom is -0.369 e. The van der Waals surface area contributed by atoms with Crippen LogP contribution in [0, 0.1) is 5.41 Å². The molecule has 0 amide bonds. The van der Waals surface area contributed by atoms with Crippen LogP contribution in [0.15, 0.2) is 0 Å². The maximum atomic E-state index is 5.99. The number of hydrogen-bond donors (Lipinski definition) is 2. The molecular weight excluding hydrogens is 200 g/mol. The molecule has 94 valence electrons. The molecule has 2 N–H and O–H groups in total. The highest BCUT2D eigenvalue weighted by Gasteiger charge is 2.47. The summed E-state index contributed by atoms with van der Waals surface area (Å²) in [6.45, 7) is 10.9. The molecule has 2 aliphatic heterocycles. The van der Waals surface area contributed by atoms with Crippen LogP contribution in [-0.4, -0.2) is 37.9 Å². The Morgan fingerprint density at radius 1 is 1.38 bits per heavy atom. The average Bonchev–Trinajstić information content (AvgIpc) is 2.25. The van der Waals surface area contributed by atoms with Gasteiger partial charge in [0.05, 0.1) is 6.61 Å². The van der Waals surface area contributed by atoms with Gasteiger partial charge in [-0.2, -0.15) is 0 Å². The highest BCUT2D eigenvalue weighted by atomic mass is 16.5. The summed E-state index contributed by atoms with van der Waals surface area (Å²) in [6.07, 6.45) is 3.78. The lowest BCUT2D eigenvalue weighted by atomic mass is 9.78. The molecule has 1 unspecified atom stereocenters. The van der Waals surface area contributed by atoms with Gasteiger partial charge in [0.25, 0.3) is 0 Å². The fourth-order valence-electron chi connectivity index (χ4n) is 2.57. The average molecular weight is 226 g/mol. The zero-order valence-electron chi connectivity index (χ0n) is 10.9. The van der Waals surface area contributed by atoms with Crippen LogP contribution in [0.5, 0.6) is 0 Å². The first kappa shape index (κ1) is 12.3. The molecule has 2 rings (SSSR count). The topological polar surface area (TPSA) is 33.3 Å². The van der Waals surface area contributed by atoms with Gasteiger partial charge in [0.15, 0.2) is 0 Å². The fourth-order valence-corrected chi connectivity index (χ4v) is 2.57. The fraction of sp³-hybridized carbons (Fsp3) is 1.00. The predicted octanol–water partition coefficient (Wildman–Crippen LogP) is 1.53. The number of ether oxygens (including phenoxy) is 1. The molecule has 2 heterocycles. The monoisotopic (exact) mass is 226 g/mol. The van der Waals surface area contributed by atoms with Gasteiger partial charge in [0, 0.05) is 25.7 Å². The maximum absolute atomic E-state index is 5.99. The third kappa shape index (κ3) is 2.41. The lowest BCUT2D eigenvalue weighted by molar-refractivity contribution is -0.129. The third-order valence-corrected chi connectivity index (χ3v) is 4.43. The second-order valence-corrected chi connectivity index (χ2v) is 6.08. The molecule has 0 bridgehead atoms.